The molecule has 0 N–H and O–H groups in total. The highest BCUT2D eigenvalue weighted by atomic mass is 14.1. The van der Waals surface area contributed by atoms with Gasteiger partial charge in [0.25, 0.3) is 0 Å². The molecule has 0 atom stereocenters. The molecule has 31 heavy (non-hydrogen) atoms. The molecule has 0 nitrogen and oxygen atoms in total. The second-order valence-corrected chi connectivity index (χ2v) is 9.39. The van der Waals surface area contributed by atoms with Gasteiger partial charge in [-0.2, -0.15) is 0 Å². The fourth-order valence-electron chi connectivity index (χ4n) is 4.68. The molecule has 0 unspecified atom stereocenters. The van der Waals surface area contributed by atoms with E-state index in [1.807, 2.05) is 0 Å². The first-order chi connectivity index (χ1) is 15.4. The average molecular weight is 421 g/mol. The third-order valence-electron chi connectivity index (χ3n) is 6.63. The number of hydrogen-bond donors (Lipinski definition) is 0. The van der Waals surface area contributed by atoms with Gasteiger partial charge in [-0.05, 0) is 47.6 Å². The zero-order valence-corrected chi connectivity index (χ0v) is 20.6. The molecule has 0 bridgehead atoms. The van der Waals surface area contributed by atoms with Crippen LogP contribution in [0, 0.1) is 0 Å². The van der Waals surface area contributed by atoms with E-state index in [1.54, 1.807) is 5.57 Å². The molecule has 2 aromatic carbocycles. The lowest BCUT2D eigenvalue weighted by atomic mass is 9.93. The Morgan fingerprint density at radius 1 is 0.581 bits per heavy atom. The molecule has 2 rings (SSSR count). The molecule has 0 aliphatic carbocycles. The van der Waals surface area contributed by atoms with Gasteiger partial charge in [0.2, 0.25) is 0 Å². The van der Waals surface area contributed by atoms with E-state index in [2.05, 4.69) is 62.4 Å². The molecule has 0 radical (unpaired) electrons. The van der Waals surface area contributed by atoms with Crippen LogP contribution in [0.1, 0.15) is 129 Å². The van der Waals surface area contributed by atoms with E-state index >= 15 is 0 Å². The zero-order valence-electron chi connectivity index (χ0n) is 20.6. The van der Waals surface area contributed by atoms with Crippen molar-refractivity contribution in [2.24, 2.45) is 0 Å². The summed E-state index contributed by atoms with van der Waals surface area (Å²) in [4.78, 5) is 0. The molecule has 0 amide bonds. The van der Waals surface area contributed by atoms with Crippen molar-refractivity contribution < 1.29 is 0 Å². The van der Waals surface area contributed by atoms with Crippen LogP contribution >= 0.6 is 0 Å². The van der Waals surface area contributed by atoms with E-state index in [9.17, 15) is 0 Å². The third-order valence-corrected chi connectivity index (χ3v) is 6.63. The fourth-order valence-corrected chi connectivity index (χ4v) is 4.68. The molecule has 0 aliphatic heterocycles. The summed E-state index contributed by atoms with van der Waals surface area (Å²) in [5.74, 6) is 0. The van der Waals surface area contributed by atoms with Gasteiger partial charge >= 0.3 is 0 Å². The van der Waals surface area contributed by atoms with Crippen molar-refractivity contribution in [1.82, 2.24) is 0 Å². The lowest BCUT2D eigenvalue weighted by molar-refractivity contribution is 0.578. The summed E-state index contributed by atoms with van der Waals surface area (Å²) < 4.78 is 0. The van der Waals surface area contributed by atoms with Gasteiger partial charge < -0.3 is 0 Å². The topological polar surface area (TPSA) is 0 Å². The minimum Gasteiger partial charge on any atom is -0.0807 e. The van der Waals surface area contributed by atoms with Crippen LogP contribution in [0.5, 0.6) is 0 Å². The molecular formula is C31H48. The van der Waals surface area contributed by atoms with Gasteiger partial charge in [-0.25, -0.2) is 0 Å². The standard InChI is InChI=1S/C31H48/c1-3-5-7-9-11-13-15-17-22-28(23-18-16-14-12-10-8-6-4-2)31-27-21-25-29-24-19-20-26-30(29)31/h19-22,24-27H,3-18,23H2,1-2H3. The minimum absolute atomic E-state index is 1.24. The summed E-state index contributed by atoms with van der Waals surface area (Å²) in [6, 6.07) is 15.8. The largest absolute Gasteiger partial charge is 0.0807 e. The molecule has 2 aromatic rings. The van der Waals surface area contributed by atoms with Crippen LogP contribution in [0.25, 0.3) is 16.3 Å². The summed E-state index contributed by atoms with van der Waals surface area (Å²) >= 11 is 0. The van der Waals surface area contributed by atoms with Crippen LogP contribution in [0.4, 0.5) is 0 Å². The molecule has 0 heterocycles. The van der Waals surface area contributed by atoms with Crippen LogP contribution in [0.2, 0.25) is 0 Å². The quantitative estimate of drug-likeness (QED) is 0.210. The first-order valence-electron chi connectivity index (χ1n) is 13.5. The number of benzene rings is 2. The second kappa shape index (κ2) is 17.0. The van der Waals surface area contributed by atoms with Crippen LogP contribution in [0.15, 0.2) is 48.5 Å². The summed E-state index contributed by atoms with van der Waals surface area (Å²) in [7, 11) is 0. The summed E-state index contributed by atoms with van der Waals surface area (Å²) in [6.45, 7) is 4.60. The van der Waals surface area contributed by atoms with Crippen LogP contribution in [-0.4, -0.2) is 0 Å². The maximum absolute atomic E-state index is 2.58. The first kappa shape index (κ1) is 25.7. The van der Waals surface area contributed by atoms with Gasteiger partial charge in [-0.1, -0.05) is 146 Å². The van der Waals surface area contributed by atoms with Gasteiger partial charge in [-0.3, -0.25) is 0 Å². The lowest BCUT2D eigenvalue weighted by Gasteiger charge is -2.12. The maximum atomic E-state index is 2.58. The van der Waals surface area contributed by atoms with E-state index in [-0.39, 0.29) is 0 Å². The Balaban J connectivity index is 1.88. The molecule has 0 aromatic heterocycles. The molecule has 0 fully saturated rings. The van der Waals surface area contributed by atoms with E-state index in [4.69, 9.17) is 0 Å². The summed E-state index contributed by atoms with van der Waals surface area (Å²) in [5.41, 5.74) is 3.07. The normalized spacial score (nSPS) is 12.0. The monoisotopic (exact) mass is 420 g/mol. The van der Waals surface area contributed by atoms with Gasteiger partial charge in [0.15, 0.2) is 0 Å². The molecule has 0 saturated carbocycles. The number of allylic oxidation sites excluding steroid dienone is 2. The lowest BCUT2D eigenvalue weighted by Crippen LogP contribution is -1.90. The van der Waals surface area contributed by atoms with Gasteiger partial charge in [-0.15, -0.1) is 0 Å². The van der Waals surface area contributed by atoms with Crippen LogP contribution < -0.4 is 0 Å². The summed E-state index contributed by atoms with van der Waals surface area (Å²) in [5, 5.41) is 2.80. The van der Waals surface area contributed by atoms with E-state index in [0.717, 1.165) is 0 Å². The van der Waals surface area contributed by atoms with Crippen LogP contribution in [-0.2, 0) is 0 Å². The van der Waals surface area contributed by atoms with E-state index in [0.29, 0.717) is 0 Å². The second-order valence-electron chi connectivity index (χ2n) is 9.39. The number of fused-ring (bicyclic) bond motifs is 1. The Bertz CT molecular complexity index is 718. The van der Waals surface area contributed by atoms with Crippen molar-refractivity contribution in [3.05, 3.63) is 54.1 Å². The van der Waals surface area contributed by atoms with Crippen molar-refractivity contribution in [2.45, 2.75) is 123 Å². The number of rotatable bonds is 18. The maximum Gasteiger partial charge on any atom is -0.0109 e. The summed E-state index contributed by atoms with van der Waals surface area (Å²) in [6.07, 6.45) is 25.9. The molecule has 0 saturated heterocycles. The smallest absolute Gasteiger partial charge is 0.0109 e. The van der Waals surface area contributed by atoms with Crippen LogP contribution in [0.3, 0.4) is 0 Å². The Kier molecular flexibility index (Phi) is 14.1. The van der Waals surface area contributed by atoms with Gasteiger partial charge in [0.1, 0.15) is 0 Å². The predicted octanol–water partition coefficient (Wildman–Crippen LogP) is 10.9. The van der Waals surface area contributed by atoms with Crippen molar-refractivity contribution >= 4 is 16.3 Å². The van der Waals surface area contributed by atoms with Crippen molar-refractivity contribution in [3.63, 3.8) is 0 Å². The molecule has 0 aliphatic rings. The number of unbranched alkanes of at least 4 members (excludes halogenated alkanes) is 14. The van der Waals surface area contributed by atoms with Crippen molar-refractivity contribution in [2.75, 3.05) is 0 Å². The molecule has 172 valence electrons. The highest BCUT2D eigenvalue weighted by molar-refractivity contribution is 5.93. The molecule has 0 heteroatoms. The molecular weight excluding hydrogens is 372 g/mol. The van der Waals surface area contributed by atoms with Gasteiger partial charge in [0, 0.05) is 0 Å². The van der Waals surface area contributed by atoms with Crippen molar-refractivity contribution in [1.29, 1.82) is 0 Å². The number of hydrogen-bond acceptors (Lipinski definition) is 0. The SMILES string of the molecule is CCCCCCCCCC=C(CCCCCCCCCC)c1cccc2ccccc12. The Morgan fingerprint density at radius 3 is 1.81 bits per heavy atom. The molecule has 0 spiro atoms. The average Bonchev–Trinajstić information content (AvgIpc) is 2.81. The Hall–Kier alpha value is -1.56. The van der Waals surface area contributed by atoms with E-state index in [1.165, 1.54) is 125 Å². The minimum atomic E-state index is 1.24. The first-order valence-corrected chi connectivity index (χ1v) is 13.5. The highest BCUT2D eigenvalue weighted by Gasteiger charge is 2.06. The third kappa shape index (κ3) is 10.5. The Morgan fingerprint density at radius 2 is 1.13 bits per heavy atom. The Labute approximate surface area is 193 Å². The van der Waals surface area contributed by atoms with Gasteiger partial charge in [0.05, 0.1) is 0 Å². The highest BCUT2D eigenvalue weighted by Crippen LogP contribution is 2.29. The predicted molar refractivity (Wildman–Crippen MR) is 142 cm³/mol. The van der Waals surface area contributed by atoms with Crippen molar-refractivity contribution in [3.8, 4) is 0 Å². The fraction of sp³-hybridized carbons (Fsp3) is 0.613. The zero-order chi connectivity index (χ0) is 22.0. The van der Waals surface area contributed by atoms with E-state index < -0.39 is 0 Å².